The Morgan fingerprint density at radius 1 is 1.12 bits per heavy atom. The Morgan fingerprint density at radius 3 is 2.44 bits per heavy atom. The number of amides is 1. The number of rotatable bonds is 5. The van der Waals surface area contributed by atoms with E-state index in [0.29, 0.717) is 35.8 Å². The number of hydrogen-bond acceptors (Lipinski definition) is 5. The second-order valence-electron chi connectivity index (χ2n) is 6.54. The van der Waals surface area contributed by atoms with Crippen molar-refractivity contribution in [3.05, 3.63) is 48.0 Å². The molecule has 0 spiro atoms. The van der Waals surface area contributed by atoms with Gasteiger partial charge in [0.15, 0.2) is 11.9 Å². The molecule has 6 nitrogen and oxygen atoms in total. The van der Waals surface area contributed by atoms with Crippen LogP contribution in [0.2, 0.25) is 0 Å². The molecule has 0 radical (unpaired) electrons. The van der Waals surface area contributed by atoms with Gasteiger partial charge in [-0.2, -0.15) is 0 Å². The molecule has 1 aliphatic carbocycles. The molecule has 1 saturated carbocycles. The number of aryl methyl sites for hydroxylation is 1. The molecule has 1 amide bonds. The van der Waals surface area contributed by atoms with Crippen LogP contribution in [0.4, 0.5) is 5.69 Å². The van der Waals surface area contributed by atoms with Gasteiger partial charge in [0.1, 0.15) is 11.6 Å². The van der Waals surface area contributed by atoms with Gasteiger partial charge in [-0.05, 0) is 44.0 Å². The first kappa shape index (κ1) is 15.7. The molecule has 0 unspecified atom stereocenters. The van der Waals surface area contributed by atoms with E-state index in [4.69, 9.17) is 4.74 Å². The van der Waals surface area contributed by atoms with Gasteiger partial charge in [0.2, 0.25) is 0 Å². The molecule has 1 aliphatic heterocycles. The summed E-state index contributed by atoms with van der Waals surface area (Å²) in [7, 11) is 0. The first-order valence-electron chi connectivity index (χ1n) is 8.53. The number of nitrogens with zero attached hydrogens (tertiary/aromatic N) is 3. The zero-order valence-corrected chi connectivity index (χ0v) is 14.0. The summed E-state index contributed by atoms with van der Waals surface area (Å²) in [6.07, 6.45) is 5.38. The van der Waals surface area contributed by atoms with Crippen LogP contribution in [0.5, 0.6) is 5.75 Å². The van der Waals surface area contributed by atoms with E-state index in [1.165, 1.54) is 0 Å². The predicted molar refractivity (Wildman–Crippen MR) is 91.7 cm³/mol. The van der Waals surface area contributed by atoms with E-state index in [9.17, 15) is 9.59 Å². The van der Waals surface area contributed by atoms with Crippen LogP contribution in [-0.2, 0) is 4.79 Å². The molecule has 1 aromatic carbocycles. The smallest absolute Gasteiger partial charge is 0.268 e. The summed E-state index contributed by atoms with van der Waals surface area (Å²) >= 11 is 0. The number of ketones is 1. The summed E-state index contributed by atoms with van der Waals surface area (Å²) < 4.78 is 5.83. The Hall–Kier alpha value is -2.76. The molecular formula is C19H19N3O3. The summed E-state index contributed by atoms with van der Waals surface area (Å²) in [5.74, 6) is 1.59. The lowest BCUT2D eigenvalue weighted by Crippen LogP contribution is -2.32. The molecule has 1 atom stereocenters. The maximum atomic E-state index is 12.6. The number of ether oxygens (including phenoxy) is 1. The number of hydrogen-bond donors (Lipinski definition) is 0. The molecule has 128 valence electrons. The maximum Gasteiger partial charge on any atom is 0.268 e. The van der Waals surface area contributed by atoms with Crippen molar-refractivity contribution in [3.63, 3.8) is 0 Å². The third-order valence-corrected chi connectivity index (χ3v) is 4.60. The zero-order chi connectivity index (χ0) is 17.4. The molecule has 2 aromatic rings. The largest absolute Gasteiger partial charge is 0.481 e. The van der Waals surface area contributed by atoms with Gasteiger partial charge in [0.05, 0.1) is 18.1 Å². The Bertz CT molecular complexity index is 798. The average molecular weight is 337 g/mol. The van der Waals surface area contributed by atoms with Crippen molar-refractivity contribution < 1.29 is 14.3 Å². The van der Waals surface area contributed by atoms with Gasteiger partial charge in [-0.25, -0.2) is 9.97 Å². The molecule has 1 saturated heterocycles. The normalized spacial score (nSPS) is 20.0. The van der Waals surface area contributed by atoms with E-state index in [0.717, 1.165) is 12.8 Å². The van der Waals surface area contributed by atoms with Gasteiger partial charge in [0.25, 0.3) is 5.91 Å². The van der Waals surface area contributed by atoms with Crippen LogP contribution in [-0.4, -0.2) is 34.3 Å². The minimum Gasteiger partial charge on any atom is -0.481 e. The van der Waals surface area contributed by atoms with Crippen LogP contribution in [0.1, 0.15) is 35.4 Å². The summed E-state index contributed by atoms with van der Waals surface area (Å²) in [5, 5.41) is 0. The molecule has 25 heavy (non-hydrogen) atoms. The molecule has 6 heteroatoms. The second-order valence-corrected chi connectivity index (χ2v) is 6.54. The molecule has 0 bridgehead atoms. The Labute approximate surface area is 145 Å². The molecular weight excluding hydrogens is 318 g/mol. The van der Waals surface area contributed by atoms with E-state index >= 15 is 0 Å². The minimum atomic E-state index is -0.522. The van der Waals surface area contributed by atoms with Crippen LogP contribution in [0.15, 0.2) is 36.7 Å². The van der Waals surface area contributed by atoms with Crippen LogP contribution in [0, 0.1) is 12.8 Å². The van der Waals surface area contributed by atoms with Gasteiger partial charge in [-0.15, -0.1) is 0 Å². The lowest BCUT2D eigenvalue weighted by molar-refractivity contribution is -0.122. The van der Waals surface area contributed by atoms with Crippen LogP contribution in [0.3, 0.4) is 0 Å². The SMILES string of the molecule is Cc1ncc(N2CC[C@@H](Oc3ccc(C(=O)C4CC4)cc3)C2=O)cn1. The Balaban J connectivity index is 1.42. The highest BCUT2D eigenvalue weighted by Crippen LogP contribution is 2.33. The fraction of sp³-hybridized carbons (Fsp3) is 0.368. The van der Waals surface area contributed by atoms with E-state index in [1.807, 2.05) is 0 Å². The molecule has 0 N–H and O–H groups in total. The first-order chi connectivity index (χ1) is 12.1. The van der Waals surface area contributed by atoms with Crippen molar-refractivity contribution in [3.8, 4) is 5.75 Å². The topological polar surface area (TPSA) is 72.4 Å². The predicted octanol–water partition coefficient (Wildman–Crippen LogP) is 2.56. The summed E-state index contributed by atoms with van der Waals surface area (Å²) in [6.45, 7) is 2.38. The summed E-state index contributed by atoms with van der Waals surface area (Å²) in [6, 6.07) is 7.09. The standard InChI is InChI=1S/C19H19N3O3/c1-12-20-10-15(11-21-12)22-9-8-17(19(22)24)25-16-6-4-14(5-7-16)18(23)13-2-3-13/h4-7,10-11,13,17H,2-3,8-9H2,1H3/t17-/m1/s1. The second kappa shape index (κ2) is 6.27. The van der Waals surface area contributed by atoms with Crippen LogP contribution in [0.25, 0.3) is 0 Å². The molecule has 1 aromatic heterocycles. The highest BCUT2D eigenvalue weighted by molar-refractivity contribution is 6.00. The zero-order valence-electron chi connectivity index (χ0n) is 14.0. The van der Waals surface area contributed by atoms with Gasteiger partial charge in [-0.3, -0.25) is 9.59 Å². The molecule has 2 aliphatic rings. The lowest BCUT2D eigenvalue weighted by Gasteiger charge is -2.16. The summed E-state index contributed by atoms with van der Waals surface area (Å²) in [4.78, 5) is 34.5. The first-order valence-corrected chi connectivity index (χ1v) is 8.53. The maximum absolute atomic E-state index is 12.6. The van der Waals surface area contributed by atoms with Crippen molar-refractivity contribution in [1.29, 1.82) is 0 Å². The van der Waals surface area contributed by atoms with Crippen molar-refractivity contribution >= 4 is 17.4 Å². The monoisotopic (exact) mass is 337 g/mol. The van der Waals surface area contributed by atoms with Gasteiger partial charge in [0, 0.05) is 24.4 Å². The Kier molecular flexibility index (Phi) is 3.95. The third kappa shape index (κ3) is 3.24. The van der Waals surface area contributed by atoms with Gasteiger partial charge < -0.3 is 9.64 Å². The quantitative estimate of drug-likeness (QED) is 0.784. The highest BCUT2D eigenvalue weighted by atomic mass is 16.5. The van der Waals surface area contributed by atoms with Gasteiger partial charge >= 0.3 is 0 Å². The molecule has 4 rings (SSSR count). The fourth-order valence-corrected chi connectivity index (χ4v) is 2.99. The van der Waals surface area contributed by atoms with Gasteiger partial charge in [-0.1, -0.05) is 0 Å². The fourth-order valence-electron chi connectivity index (χ4n) is 2.99. The lowest BCUT2D eigenvalue weighted by atomic mass is 10.1. The summed E-state index contributed by atoms with van der Waals surface area (Å²) in [5.41, 5.74) is 1.40. The third-order valence-electron chi connectivity index (χ3n) is 4.60. The van der Waals surface area contributed by atoms with Crippen molar-refractivity contribution in [2.45, 2.75) is 32.3 Å². The van der Waals surface area contributed by atoms with Crippen molar-refractivity contribution in [2.24, 2.45) is 5.92 Å². The van der Waals surface area contributed by atoms with E-state index in [1.54, 1.807) is 48.5 Å². The highest BCUT2D eigenvalue weighted by Gasteiger charge is 2.35. The number of benzene rings is 1. The average Bonchev–Trinajstić information content (AvgIpc) is 3.42. The number of Topliss-reactive ketones (excluding diaryl/α,β-unsaturated/α-hetero) is 1. The minimum absolute atomic E-state index is 0.0920. The molecule has 2 fully saturated rings. The number of carbonyl (C=O) groups is 2. The van der Waals surface area contributed by atoms with E-state index in [-0.39, 0.29) is 17.6 Å². The molecule has 2 heterocycles. The number of anilines is 1. The number of carbonyl (C=O) groups excluding carboxylic acids is 2. The Morgan fingerprint density at radius 2 is 1.80 bits per heavy atom. The van der Waals surface area contributed by atoms with Crippen LogP contribution >= 0.6 is 0 Å². The number of aromatic nitrogens is 2. The van der Waals surface area contributed by atoms with Crippen molar-refractivity contribution in [2.75, 3.05) is 11.4 Å². The van der Waals surface area contributed by atoms with E-state index in [2.05, 4.69) is 9.97 Å². The van der Waals surface area contributed by atoms with E-state index < -0.39 is 6.10 Å². The van der Waals surface area contributed by atoms with Crippen LogP contribution < -0.4 is 9.64 Å². The van der Waals surface area contributed by atoms with Crippen molar-refractivity contribution in [1.82, 2.24) is 9.97 Å².